The van der Waals surface area contributed by atoms with Crippen molar-refractivity contribution in [3.05, 3.63) is 34.9 Å². The molecule has 72 valence electrons. The Hall–Kier alpha value is -0.820. The Kier molecular flexibility index (Phi) is 3.49. The molecule has 0 saturated heterocycles. The first-order chi connectivity index (χ1) is 6.13. The van der Waals surface area contributed by atoms with Crippen LogP contribution in [0, 0.1) is 13.8 Å². The minimum Gasteiger partial charge on any atom is -0.302 e. The summed E-state index contributed by atoms with van der Waals surface area (Å²) in [5.41, 5.74) is 4.19. The second-order valence-corrected chi connectivity index (χ2v) is 3.76. The molecule has 0 bridgehead atoms. The van der Waals surface area contributed by atoms with Gasteiger partial charge in [0.1, 0.15) is 0 Å². The van der Waals surface area contributed by atoms with Crippen LogP contribution in [0.2, 0.25) is 0 Å². The first-order valence-corrected chi connectivity index (χ1v) is 4.88. The topological polar surface area (TPSA) is 3.24 Å². The van der Waals surface area contributed by atoms with Gasteiger partial charge < -0.3 is 4.90 Å². The lowest BCUT2D eigenvalue weighted by atomic mass is 10.1. The molecular weight excluding hydrogens is 158 g/mol. The first kappa shape index (κ1) is 10.3. The molecule has 0 saturated carbocycles. The molecule has 0 aliphatic carbocycles. The molecule has 0 spiro atoms. The van der Waals surface area contributed by atoms with Crippen LogP contribution < -0.4 is 0 Å². The van der Waals surface area contributed by atoms with Crippen LogP contribution in [0.5, 0.6) is 0 Å². The second kappa shape index (κ2) is 4.43. The number of aryl methyl sites for hydroxylation is 2. The lowest BCUT2D eigenvalue weighted by molar-refractivity contribution is 0.345. The fraction of sp³-hybridized carbons (Fsp3) is 0.500. The van der Waals surface area contributed by atoms with Gasteiger partial charge in [0, 0.05) is 6.54 Å². The molecule has 0 atom stereocenters. The third kappa shape index (κ3) is 2.85. The Morgan fingerprint density at radius 1 is 1.23 bits per heavy atom. The largest absolute Gasteiger partial charge is 0.302 e. The van der Waals surface area contributed by atoms with Crippen molar-refractivity contribution in [1.82, 2.24) is 4.90 Å². The zero-order chi connectivity index (χ0) is 9.84. The van der Waals surface area contributed by atoms with Crippen LogP contribution in [0.15, 0.2) is 18.2 Å². The van der Waals surface area contributed by atoms with Crippen LogP contribution in [0.4, 0.5) is 0 Å². The maximum Gasteiger partial charge on any atom is 0.0233 e. The van der Waals surface area contributed by atoms with Crippen molar-refractivity contribution < 1.29 is 0 Å². The molecule has 0 radical (unpaired) electrons. The monoisotopic (exact) mass is 177 g/mol. The van der Waals surface area contributed by atoms with Crippen molar-refractivity contribution in [2.24, 2.45) is 0 Å². The van der Waals surface area contributed by atoms with Gasteiger partial charge in [0.05, 0.1) is 0 Å². The molecule has 0 N–H and O–H groups in total. The van der Waals surface area contributed by atoms with Gasteiger partial charge in [-0.15, -0.1) is 0 Å². The first-order valence-electron chi connectivity index (χ1n) is 4.88. The highest BCUT2D eigenvalue weighted by Crippen LogP contribution is 2.11. The van der Waals surface area contributed by atoms with E-state index in [4.69, 9.17) is 0 Å². The lowest BCUT2D eigenvalue weighted by Crippen LogP contribution is -2.17. The van der Waals surface area contributed by atoms with Crippen molar-refractivity contribution in [2.75, 3.05) is 13.6 Å². The minimum atomic E-state index is 1.06. The summed E-state index contributed by atoms with van der Waals surface area (Å²) in [5, 5.41) is 0. The van der Waals surface area contributed by atoms with E-state index < -0.39 is 0 Å². The van der Waals surface area contributed by atoms with E-state index in [1.54, 1.807) is 0 Å². The SMILES string of the molecule is CCN(C)Cc1ccc(C)cc1C. The molecule has 0 fully saturated rings. The summed E-state index contributed by atoms with van der Waals surface area (Å²) < 4.78 is 0. The summed E-state index contributed by atoms with van der Waals surface area (Å²) in [6, 6.07) is 6.67. The highest BCUT2D eigenvalue weighted by Gasteiger charge is 2.00. The molecule has 0 unspecified atom stereocenters. The van der Waals surface area contributed by atoms with Crippen molar-refractivity contribution in [1.29, 1.82) is 0 Å². The summed E-state index contributed by atoms with van der Waals surface area (Å²) in [7, 11) is 2.15. The number of rotatable bonds is 3. The van der Waals surface area contributed by atoms with Crippen LogP contribution in [-0.2, 0) is 6.54 Å². The van der Waals surface area contributed by atoms with Gasteiger partial charge in [0.25, 0.3) is 0 Å². The summed E-state index contributed by atoms with van der Waals surface area (Å²) in [5.74, 6) is 0. The lowest BCUT2D eigenvalue weighted by Gasteiger charge is -2.15. The van der Waals surface area contributed by atoms with Crippen LogP contribution in [0.1, 0.15) is 23.6 Å². The predicted octanol–water partition coefficient (Wildman–Crippen LogP) is 2.76. The van der Waals surface area contributed by atoms with Gasteiger partial charge in [0.2, 0.25) is 0 Å². The van der Waals surface area contributed by atoms with Gasteiger partial charge >= 0.3 is 0 Å². The van der Waals surface area contributed by atoms with Gasteiger partial charge in [-0.25, -0.2) is 0 Å². The number of benzene rings is 1. The Balaban J connectivity index is 2.77. The molecule has 0 amide bonds. The van der Waals surface area contributed by atoms with Gasteiger partial charge in [0.15, 0.2) is 0 Å². The van der Waals surface area contributed by atoms with E-state index in [-0.39, 0.29) is 0 Å². The molecule has 13 heavy (non-hydrogen) atoms. The standard InChI is InChI=1S/C12H19N/c1-5-13(4)9-12-7-6-10(2)8-11(12)3/h6-8H,5,9H2,1-4H3. The molecule has 1 nitrogen and oxygen atoms in total. The molecule has 0 heterocycles. The number of hydrogen-bond acceptors (Lipinski definition) is 1. The van der Waals surface area contributed by atoms with Crippen molar-refractivity contribution in [2.45, 2.75) is 27.3 Å². The summed E-state index contributed by atoms with van der Waals surface area (Å²) in [4.78, 5) is 2.32. The minimum absolute atomic E-state index is 1.06. The molecule has 1 aromatic carbocycles. The third-order valence-electron chi connectivity index (χ3n) is 2.48. The summed E-state index contributed by atoms with van der Waals surface area (Å²) in [6.45, 7) is 8.67. The summed E-state index contributed by atoms with van der Waals surface area (Å²) >= 11 is 0. The fourth-order valence-corrected chi connectivity index (χ4v) is 1.43. The average molecular weight is 177 g/mol. The molecule has 1 aromatic rings. The normalized spacial score (nSPS) is 10.8. The smallest absolute Gasteiger partial charge is 0.0233 e. The molecule has 0 aliphatic heterocycles. The third-order valence-corrected chi connectivity index (χ3v) is 2.48. The van der Waals surface area contributed by atoms with Crippen LogP contribution in [0.25, 0.3) is 0 Å². The van der Waals surface area contributed by atoms with Crippen molar-refractivity contribution in [3.63, 3.8) is 0 Å². The van der Waals surface area contributed by atoms with E-state index >= 15 is 0 Å². The van der Waals surface area contributed by atoms with E-state index in [1.807, 2.05) is 0 Å². The Labute approximate surface area is 81.4 Å². The van der Waals surface area contributed by atoms with Gasteiger partial charge in [-0.3, -0.25) is 0 Å². The molecule has 0 aliphatic rings. The van der Waals surface area contributed by atoms with E-state index in [9.17, 15) is 0 Å². The van der Waals surface area contributed by atoms with Crippen molar-refractivity contribution >= 4 is 0 Å². The molecule has 0 aromatic heterocycles. The number of hydrogen-bond donors (Lipinski definition) is 0. The average Bonchev–Trinajstić information content (AvgIpc) is 2.09. The number of nitrogens with zero attached hydrogens (tertiary/aromatic N) is 1. The van der Waals surface area contributed by atoms with Crippen LogP contribution in [-0.4, -0.2) is 18.5 Å². The van der Waals surface area contributed by atoms with Crippen molar-refractivity contribution in [3.8, 4) is 0 Å². The molecule has 1 heteroatoms. The van der Waals surface area contributed by atoms with E-state index in [1.165, 1.54) is 16.7 Å². The predicted molar refractivity (Wildman–Crippen MR) is 57.9 cm³/mol. The maximum absolute atomic E-state index is 2.32. The van der Waals surface area contributed by atoms with Crippen LogP contribution >= 0.6 is 0 Å². The quantitative estimate of drug-likeness (QED) is 0.686. The zero-order valence-electron chi connectivity index (χ0n) is 9.09. The summed E-state index contributed by atoms with van der Waals surface area (Å²) in [6.07, 6.45) is 0. The Bertz CT molecular complexity index is 278. The molecule has 1 rings (SSSR count). The highest BCUT2D eigenvalue weighted by atomic mass is 15.1. The van der Waals surface area contributed by atoms with E-state index in [0.717, 1.165) is 13.1 Å². The highest BCUT2D eigenvalue weighted by molar-refractivity contribution is 5.30. The second-order valence-electron chi connectivity index (χ2n) is 3.76. The molecular formula is C12H19N. The van der Waals surface area contributed by atoms with E-state index in [0.29, 0.717) is 0 Å². The van der Waals surface area contributed by atoms with Crippen LogP contribution in [0.3, 0.4) is 0 Å². The van der Waals surface area contributed by atoms with Gasteiger partial charge in [-0.1, -0.05) is 30.7 Å². The van der Waals surface area contributed by atoms with E-state index in [2.05, 4.69) is 50.9 Å². The van der Waals surface area contributed by atoms with Gasteiger partial charge in [-0.05, 0) is 38.6 Å². The Morgan fingerprint density at radius 3 is 2.46 bits per heavy atom. The Morgan fingerprint density at radius 2 is 1.92 bits per heavy atom. The maximum atomic E-state index is 2.32. The van der Waals surface area contributed by atoms with Gasteiger partial charge in [-0.2, -0.15) is 0 Å². The zero-order valence-corrected chi connectivity index (χ0v) is 9.09. The fourth-order valence-electron chi connectivity index (χ4n) is 1.43.